The predicted octanol–water partition coefficient (Wildman–Crippen LogP) is 1.89. The minimum absolute atomic E-state index is 0.308. The van der Waals surface area contributed by atoms with Gasteiger partial charge in [-0.3, -0.25) is 4.79 Å². The Morgan fingerprint density at radius 3 is 2.41 bits per heavy atom. The van der Waals surface area contributed by atoms with Crippen molar-refractivity contribution in [1.82, 2.24) is 4.90 Å². The van der Waals surface area contributed by atoms with E-state index in [2.05, 4.69) is 4.99 Å². The molecule has 1 aliphatic heterocycles. The van der Waals surface area contributed by atoms with Crippen molar-refractivity contribution in [2.75, 3.05) is 13.1 Å². The van der Waals surface area contributed by atoms with Gasteiger partial charge in [0.05, 0.1) is 0 Å². The smallest absolute Gasteiger partial charge is 0.280 e. The maximum Gasteiger partial charge on any atom is 0.280 e. The van der Waals surface area contributed by atoms with Crippen molar-refractivity contribution in [2.24, 2.45) is 10.7 Å². The van der Waals surface area contributed by atoms with Gasteiger partial charge in [-0.2, -0.15) is 4.99 Å². The number of carbonyl (C=O) groups excluding carboxylic acids is 1. The maximum atomic E-state index is 11.8. The molecule has 0 bridgehead atoms. The molecular weight excluding hydrogens is 238 g/mol. The second kappa shape index (κ2) is 5.19. The number of hydrogen-bond acceptors (Lipinski definition) is 1. The van der Waals surface area contributed by atoms with Crippen LogP contribution in [0.2, 0.25) is 5.02 Å². The zero-order chi connectivity index (χ0) is 12.3. The first kappa shape index (κ1) is 11.9. The fourth-order valence-electron chi connectivity index (χ4n) is 1.78. The largest absolute Gasteiger partial charge is 0.369 e. The quantitative estimate of drug-likeness (QED) is 0.613. The normalized spacial score (nSPS) is 16.3. The van der Waals surface area contributed by atoms with Crippen molar-refractivity contribution in [2.45, 2.75) is 12.8 Å². The van der Waals surface area contributed by atoms with Gasteiger partial charge in [0.1, 0.15) is 0 Å². The molecule has 0 unspecified atom stereocenters. The highest BCUT2D eigenvalue weighted by Gasteiger charge is 2.15. The Hall–Kier alpha value is -1.55. The van der Waals surface area contributed by atoms with E-state index in [1.165, 1.54) is 0 Å². The van der Waals surface area contributed by atoms with E-state index in [1.54, 1.807) is 24.3 Å². The second-order valence-corrected chi connectivity index (χ2v) is 4.41. The van der Waals surface area contributed by atoms with Crippen LogP contribution >= 0.6 is 11.6 Å². The van der Waals surface area contributed by atoms with E-state index in [-0.39, 0.29) is 5.91 Å². The van der Waals surface area contributed by atoms with E-state index in [0.29, 0.717) is 16.5 Å². The fourth-order valence-corrected chi connectivity index (χ4v) is 1.90. The molecule has 1 aliphatic rings. The molecule has 0 atom stereocenters. The Morgan fingerprint density at radius 1 is 1.24 bits per heavy atom. The van der Waals surface area contributed by atoms with E-state index < -0.39 is 0 Å². The van der Waals surface area contributed by atoms with Crippen molar-refractivity contribution in [1.29, 1.82) is 0 Å². The number of carbonyl (C=O) groups is 1. The number of benzene rings is 1. The minimum Gasteiger partial charge on any atom is -0.369 e. The number of amides is 1. The summed E-state index contributed by atoms with van der Waals surface area (Å²) >= 11 is 5.75. The van der Waals surface area contributed by atoms with Crippen molar-refractivity contribution < 1.29 is 4.79 Å². The molecule has 1 heterocycles. The highest BCUT2D eigenvalue weighted by Crippen LogP contribution is 2.11. The van der Waals surface area contributed by atoms with Gasteiger partial charge in [-0.25, -0.2) is 0 Å². The Labute approximate surface area is 105 Å². The molecule has 1 saturated heterocycles. The van der Waals surface area contributed by atoms with E-state index in [1.807, 2.05) is 4.90 Å². The van der Waals surface area contributed by atoms with Gasteiger partial charge >= 0.3 is 0 Å². The molecule has 2 rings (SSSR count). The number of nitrogens with zero attached hydrogens (tertiary/aromatic N) is 2. The monoisotopic (exact) mass is 251 g/mol. The molecule has 90 valence electrons. The lowest BCUT2D eigenvalue weighted by Crippen LogP contribution is -2.35. The third-order valence-electron chi connectivity index (χ3n) is 2.74. The van der Waals surface area contributed by atoms with Crippen molar-refractivity contribution in [3.8, 4) is 0 Å². The molecule has 1 aromatic carbocycles. The summed E-state index contributed by atoms with van der Waals surface area (Å²) in [6.45, 7) is 1.76. The zero-order valence-electron chi connectivity index (χ0n) is 9.40. The third kappa shape index (κ3) is 2.97. The van der Waals surface area contributed by atoms with Crippen LogP contribution in [0.3, 0.4) is 0 Å². The summed E-state index contributed by atoms with van der Waals surface area (Å²) in [7, 11) is 0. The SMILES string of the molecule is NC(=NC(=O)c1ccc(Cl)cc1)N1CCCC1. The molecule has 2 N–H and O–H groups in total. The summed E-state index contributed by atoms with van der Waals surface area (Å²) in [5.41, 5.74) is 6.27. The van der Waals surface area contributed by atoms with Crippen LogP contribution in [-0.2, 0) is 0 Å². The van der Waals surface area contributed by atoms with Crippen LogP contribution in [0.5, 0.6) is 0 Å². The first-order valence-electron chi connectivity index (χ1n) is 5.56. The number of rotatable bonds is 1. The van der Waals surface area contributed by atoms with Gasteiger partial charge in [0.25, 0.3) is 5.91 Å². The van der Waals surface area contributed by atoms with Gasteiger partial charge in [-0.05, 0) is 37.1 Å². The Morgan fingerprint density at radius 2 is 1.82 bits per heavy atom. The predicted molar refractivity (Wildman–Crippen MR) is 68.2 cm³/mol. The Bertz CT molecular complexity index is 436. The summed E-state index contributed by atoms with van der Waals surface area (Å²) in [5, 5.41) is 0.595. The molecule has 0 aliphatic carbocycles. The first-order valence-corrected chi connectivity index (χ1v) is 5.93. The molecule has 0 radical (unpaired) electrons. The molecule has 1 amide bonds. The van der Waals surface area contributed by atoms with Gasteiger partial charge in [0.2, 0.25) is 0 Å². The first-order chi connectivity index (χ1) is 8.16. The van der Waals surface area contributed by atoms with Crippen LogP contribution in [0, 0.1) is 0 Å². The van der Waals surface area contributed by atoms with Crippen molar-refractivity contribution in [3.63, 3.8) is 0 Å². The third-order valence-corrected chi connectivity index (χ3v) is 2.99. The van der Waals surface area contributed by atoms with Gasteiger partial charge in [-0.15, -0.1) is 0 Å². The van der Waals surface area contributed by atoms with Crippen LogP contribution in [0.4, 0.5) is 0 Å². The number of guanidine groups is 1. The van der Waals surface area contributed by atoms with Gasteiger partial charge in [-0.1, -0.05) is 11.6 Å². The molecular formula is C12H14ClN3O. The summed E-state index contributed by atoms with van der Waals surface area (Å²) in [6.07, 6.45) is 2.21. The maximum absolute atomic E-state index is 11.8. The molecule has 1 aromatic rings. The van der Waals surface area contributed by atoms with Crippen LogP contribution in [0.15, 0.2) is 29.3 Å². The summed E-state index contributed by atoms with van der Waals surface area (Å²) in [5.74, 6) is -0.0199. The Kier molecular flexibility index (Phi) is 3.64. The minimum atomic E-state index is -0.328. The number of aliphatic imine (C=N–C) groups is 1. The standard InChI is InChI=1S/C12H14ClN3O/c13-10-5-3-9(4-6-10)11(17)15-12(14)16-7-1-2-8-16/h3-6H,1-2,7-8H2,(H2,14,15,17). The average Bonchev–Trinajstić information content (AvgIpc) is 2.83. The summed E-state index contributed by atoms with van der Waals surface area (Å²) < 4.78 is 0. The van der Waals surface area contributed by atoms with Crippen molar-refractivity contribution in [3.05, 3.63) is 34.9 Å². The van der Waals surface area contributed by atoms with E-state index in [0.717, 1.165) is 25.9 Å². The molecule has 0 spiro atoms. The van der Waals surface area contributed by atoms with E-state index in [4.69, 9.17) is 17.3 Å². The molecule has 5 heteroatoms. The van der Waals surface area contributed by atoms with Crippen LogP contribution < -0.4 is 5.73 Å². The van der Waals surface area contributed by atoms with Crippen LogP contribution in [0.1, 0.15) is 23.2 Å². The number of halogens is 1. The molecule has 0 saturated carbocycles. The molecule has 17 heavy (non-hydrogen) atoms. The van der Waals surface area contributed by atoms with Crippen molar-refractivity contribution >= 4 is 23.5 Å². The van der Waals surface area contributed by atoms with Gasteiger partial charge in [0.15, 0.2) is 5.96 Å². The topological polar surface area (TPSA) is 58.7 Å². The van der Waals surface area contributed by atoms with Gasteiger partial charge in [0, 0.05) is 23.7 Å². The van der Waals surface area contributed by atoms with Crippen LogP contribution in [0.25, 0.3) is 0 Å². The van der Waals surface area contributed by atoms with Gasteiger partial charge < -0.3 is 10.6 Å². The van der Waals surface area contributed by atoms with E-state index >= 15 is 0 Å². The molecule has 0 aromatic heterocycles. The second-order valence-electron chi connectivity index (χ2n) is 3.98. The number of likely N-dealkylation sites (tertiary alicyclic amines) is 1. The summed E-state index contributed by atoms with van der Waals surface area (Å²) in [6, 6.07) is 6.61. The van der Waals surface area contributed by atoms with E-state index in [9.17, 15) is 4.79 Å². The highest BCUT2D eigenvalue weighted by atomic mass is 35.5. The zero-order valence-corrected chi connectivity index (χ0v) is 10.2. The fraction of sp³-hybridized carbons (Fsp3) is 0.333. The van der Waals surface area contributed by atoms with Crippen LogP contribution in [-0.4, -0.2) is 29.9 Å². The Balaban J connectivity index is 2.09. The lowest BCUT2D eigenvalue weighted by atomic mass is 10.2. The average molecular weight is 252 g/mol. The molecule has 1 fully saturated rings. The lowest BCUT2D eigenvalue weighted by molar-refractivity contribution is 0.100. The molecule has 4 nitrogen and oxygen atoms in total. The number of nitrogens with two attached hydrogens (primary N) is 1. The summed E-state index contributed by atoms with van der Waals surface area (Å²) in [4.78, 5) is 17.6. The lowest BCUT2D eigenvalue weighted by Gasteiger charge is -2.15. The number of hydrogen-bond donors (Lipinski definition) is 1. The highest BCUT2D eigenvalue weighted by molar-refractivity contribution is 6.30.